The monoisotopic (exact) mass is 273 g/mol. The van der Waals surface area contributed by atoms with E-state index in [4.69, 9.17) is 17.0 Å². The summed E-state index contributed by atoms with van der Waals surface area (Å²) >= 11 is 5.35. The van der Waals surface area contributed by atoms with Gasteiger partial charge in [0.15, 0.2) is 5.11 Å². The van der Waals surface area contributed by atoms with Gasteiger partial charge < -0.3 is 19.9 Å². The van der Waals surface area contributed by atoms with Gasteiger partial charge in [0.25, 0.3) is 0 Å². The highest BCUT2D eigenvalue weighted by molar-refractivity contribution is 7.80. The van der Waals surface area contributed by atoms with Crippen LogP contribution in [0.5, 0.6) is 0 Å². The standard InChI is InChI=1S/C13H27N3OS/c1-3-17-12-6-7-14-13(18)15(2)10-11-16-8-4-5-9-16/h3-12H2,1-2H3,(H,14,18). The molecule has 4 nitrogen and oxygen atoms in total. The fourth-order valence-corrected chi connectivity index (χ4v) is 2.24. The number of nitrogens with one attached hydrogen (secondary N) is 1. The van der Waals surface area contributed by atoms with Gasteiger partial charge in [0, 0.05) is 39.9 Å². The van der Waals surface area contributed by atoms with Crippen molar-refractivity contribution >= 4 is 17.3 Å². The second-order valence-electron chi connectivity index (χ2n) is 4.75. The number of likely N-dealkylation sites (N-methyl/N-ethyl adjacent to an activating group) is 1. The van der Waals surface area contributed by atoms with Gasteiger partial charge in [-0.05, 0) is 51.5 Å². The molecule has 0 aromatic rings. The van der Waals surface area contributed by atoms with E-state index in [0.29, 0.717) is 0 Å². The van der Waals surface area contributed by atoms with E-state index >= 15 is 0 Å². The molecule has 1 N–H and O–H groups in total. The van der Waals surface area contributed by atoms with Crippen molar-refractivity contribution in [3.8, 4) is 0 Å². The van der Waals surface area contributed by atoms with Gasteiger partial charge in [0.05, 0.1) is 0 Å². The van der Waals surface area contributed by atoms with E-state index in [1.807, 2.05) is 6.92 Å². The van der Waals surface area contributed by atoms with Gasteiger partial charge in [0.1, 0.15) is 0 Å². The van der Waals surface area contributed by atoms with Crippen molar-refractivity contribution in [3.05, 3.63) is 0 Å². The van der Waals surface area contributed by atoms with Gasteiger partial charge in [0.2, 0.25) is 0 Å². The highest BCUT2D eigenvalue weighted by Crippen LogP contribution is 2.06. The van der Waals surface area contributed by atoms with Gasteiger partial charge in [-0.15, -0.1) is 0 Å². The molecule has 0 aromatic carbocycles. The molecule has 0 aromatic heterocycles. The predicted molar refractivity (Wildman–Crippen MR) is 80.0 cm³/mol. The van der Waals surface area contributed by atoms with E-state index in [1.165, 1.54) is 25.9 Å². The molecule has 1 aliphatic heterocycles. The number of likely N-dealkylation sites (tertiary alicyclic amines) is 1. The summed E-state index contributed by atoms with van der Waals surface area (Å²) in [7, 11) is 2.06. The predicted octanol–water partition coefficient (Wildman–Crippen LogP) is 1.32. The van der Waals surface area contributed by atoms with Crippen LogP contribution in [0.4, 0.5) is 0 Å². The Morgan fingerprint density at radius 3 is 2.78 bits per heavy atom. The van der Waals surface area contributed by atoms with Crippen LogP contribution in [0.15, 0.2) is 0 Å². The van der Waals surface area contributed by atoms with Crippen LogP contribution >= 0.6 is 12.2 Å². The molecule has 0 saturated carbocycles. The Hall–Kier alpha value is -0.390. The van der Waals surface area contributed by atoms with Crippen LogP contribution in [0.2, 0.25) is 0 Å². The molecule has 1 saturated heterocycles. The Bertz CT molecular complexity index is 232. The van der Waals surface area contributed by atoms with Gasteiger partial charge in [-0.25, -0.2) is 0 Å². The van der Waals surface area contributed by atoms with E-state index in [0.717, 1.165) is 44.4 Å². The second kappa shape index (κ2) is 9.53. The van der Waals surface area contributed by atoms with Gasteiger partial charge in [-0.2, -0.15) is 0 Å². The van der Waals surface area contributed by atoms with Gasteiger partial charge in [-0.1, -0.05) is 0 Å². The van der Waals surface area contributed by atoms with E-state index in [2.05, 4.69) is 22.2 Å². The molecule has 106 valence electrons. The molecule has 0 spiro atoms. The minimum absolute atomic E-state index is 0.792. The molecule has 0 atom stereocenters. The van der Waals surface area contributed by atoms with Crippen molar-refractivity contribution in [3.63, 3.8) is 0 Å². The smallest absolute Gasteiger partial charge is 0.168 e. The molecule has 0 amide bonds. The quantitative estimate of drug-likeness (QED) is 0.532. The topological polar surface area (TPSA) is 27.7 Å². The average Bonchev–Trinajstić information content (AvgIpc) is 2.88. The van der Waals surface area contributed by atoms with Crippen LogP contribution in [0, 0.1) is 0 Å². The summed E-state index contributed by atoms with van der Waals surface area (Å²) in [5.41, 5.74) is 0. The molecule has 0 radical (unpaired) electrons. The molecule has 18 heavy (non-hydrogen) atoms. The third-order valence-electron chi connectivity index (χ3n) is 3.24. The van der Waals surface area contributed by atoms with Gasteiger partial charge >= 0.3 is 0 Å². The Kier molecular flexibility index (Phi) is 8.29. The first kappa shape index (κ1) is 15.7. The van der Waals surface area contributed by atoms with E-state index < -0.39 is 0 Å². The van der Waals surface area contributed by atoms with Crippen LogP contribution in [-0.4, -0.2) is 67.9 Å². The molecular weight excluding hydrogens is 246 g/mol. The van der Waals surface area contributed by atoms with E-state index in [9.17, 15) is 0 Å². The maximum atomic E-state index is 5.35. The fourth-order valence-electron chi connectivity index (χ4n) is 2.05. The van der Waals surface area contributed by atoms with Crippen LogP contribution in [-0.2, 0) is 4.74 Å². The summed E-state index contributed by atoms with van der Waals surface area (Å²) < 4.78 is 5.29. The summed E-state index contributed by atoms with van der Waals surface area (Å²) in [4.78, 5) is 4.64. The molecule has 1 aliphatic rings. The summed E-state index contributed by atoms with van der Waals surface area (Å²) in [5.74, 6) is 0. The van der Waals surface area contributed by atoms with Crippen molar-refractivity contribution in [1.29, 1.82) is 0 Å². The van der Waals surface area contributed by atoms with Crippen LogP contribution < -0.4 is 5.32 Å². The summed E-state index contributed by atoms with van der Waals surface area (Å²) in [6.45, 7) is 9.15. The molecule has 0 bridgehead atoms. The average molecular weight is 273 g/mol. The summed E-state index contributed by atoms with van der Waals surface area (Å²) in [6, 6.07) is 0. The zero-order valence-corrected chi connectivity index (χ0v) is 12.6. The number of thiocarbonyl (C=S) groups is 1. The van der Waals surface area contributed by atoms with Crippen LogP contribution in [0.25, 0.3) is 0 Å². The number of hydrogen-bond donors (Lipinski definition) is 1. The number of ether oxygens (including phenoxy) is 1. The first-order valence-corrected chi connectivity index (χ1v) is 7.44. The van der Waals surface area contributed by atoms with E-state index in [-0.39, 0.29) is 0 Å². The molecule has 0 aliphatic carbocycles. The lowest BCUT2D eigenvalue weighted by atomic mass is 10.4. The molecule has 0 unspecified atom stereocenters. The minimum atomic E-state index is 0.792. The zero-order chi connectivity index (χ0) is 13.2. The Labute approximate surface area is 117 Å². The second-order valence-corrected chi connectivity index (χ2v) is 5.14. The summed E-state index contributed by atoms with van der Waals surface area (Å²) in [5, 5.41) is 4.13. The molecule has 1 heterocycles. The number of hydrogen-bond acceptors (Lipinski definition) is 3. The van der Waals surface area contributed by atoms with Crippen molar-refractivity contribution in [2.75, 3.05) is 53.0 Å². The maximum absolute atomic E-state index is 5.35. The lowest BCUT2D eigenvalue weighted by Crippen LogP contribution is -2.41. The molecular formula is C13H27N3OS. The van der Waals surface area contributed by atoms with Crippen molar-refractivity contribution in [1.82, 2.24) is 15.1 Å². The van der Waals surface area contributed by atoms with Crippen molar-refractivity contribution in [2.24, 2.45) is 0 Å². The summed E-state index contributed by atoms with van der Waals surface area (Å²) in [6.07, 6.45) is 3.71. The number of nitrogens with zero attached hydrogens (tertiary/aromatic N) is 2. The lowest BCUT2D eigenvalue weighted by molar-refractivity contribution is 0.145. The highest BCUT2D eigenvalue weighted by Gasteiger charge is 2.12. The molecule has 1 fully saturated rings. The van der Waals surface area contributed by atoms with Crippen LogP contribution in [0.1, 0.15) is 26.2 Å². The SMILES string of the molecule is CCOCCCNC(=S)N(C)CCN1CCCC1. The van der Waals surface area contributed by atoms with E-state index in [1.54, 1.807) is 0 Å². The lowest BCUT2D eigenvalue weighted by Gasteiger charge is -2.24. The van der Waals surface area contributed by atoms with Crippen molar-refractivity contribution < 1.29 is 4.74 Å². The molecule has 1 rings (SSSR count). The fraction of sp³-hybridized carbons (Fsp3) is 0.923. The van der Waals surface area contributed by atoms with Crippen LogP contribution in [0.3, 0.4) is 0 Å². The Balaban J connectivity index is 2.01. The first-order valence-electron chi connectivity index (χ1n) is 7.03. The van der Waals surface area contributed by atoms with Crippen molar-refractivity contribution in [2.45, 2.75) is 26.2 Å². The Morgan fingerprint density at radius 1 is 1.39 bits per heavy atom. The number of rotatable bonds is 8. The highest BCUT2D eigenvalue weighted by atomic mass is 32.1. The van der Waals surface area contributed by atoms with Gasteiger partial charge in [-0.3, -0.25) is 0 Å². The maximum Gasteiger partial charge on any atom is 0.168 e. The third-order valence-corrected chi connectivity index (χ3v) is 3.70. The minimum Gasteiger partial charge on any atom is -0.382 e. The third kappa shape index (κ3) is 6.52. The zero-order valence-electron chi connectivity index (χ0n) is 11.8. The first-order chi connectivity index (χ1) is 8.74. The Morgan fingerprint density at radius 2 is 2.11 bits per heavy atom. The largest absolute Gasteiger partial charge is 0.382 e. The molecule has 5 heteroatoms. The normalized spacial score (nSPS) is 15.9.